The monoisotopic (exact) mass is 314 g/mol. The van der Waals surface area contributed by atoms with Crippen LogP contribution in [0.3, 0.4) is 0 Å². The summed E-state index contributed by atoms with van der Waals surface area (Å²) in [6, 6.07) is 5.87. The molecule has 0 unspecified atom stereocenters. The zero-order valence-corrected chi connectivity index (χ0v) is 13.8. The topological polar surface area (TPSA) is 78.2 Å². The summed E-state index contributed by atoms with van der Waals surface area (Å²) in [4.78, 5) is 18.3. The molecule has 6 heteroatoms. The molecule has 1 aliphatic heterocycles. The number of hydrogen-bond donors (Lipinski definition) is 1. The van der Waals surface area contributed by atoms with Crippen LogP contribution in [0.1, 0.15) is 39.2 Å². The fourth-order valence-electron chi connectivity index (χ4n) is 3.41. The molecule has 1 aromatic rings. The highest BCUT2D eigenvalue weighted by atomic mass is 16.6. The van der Waals surface area contributed by atoms with Gasteiger partial charge in [-0.3, -0.25) is 0 Å². The zero-order chi connectivity index (χ0) is 16.7. The van der Waals surface area contributed by atoms with Gasteiger partial charge < -0.3 is 15.0 Å². The van der Waals surface area contributed by atoms with E-state index in [1.807, 2.05) is 26.8 Å². The molecule has 1 spiro atoms. The zero-order valence-electron chi connectivity index (χ0n) is 13.8. The minimum Gasteiger partial charge on any atom is -0.444 e. The van der Waals surface area contributed by atoms with Crippen molar-refractivity contribution in [2.75, 3.05) is 18.0 Å². The SMILES string of the molecule is CC(C)(C)OC(=O)NC1CC2(C1)CN(c1cc(C#N)ccn1)C2. The summed E-state index contributed by atoms with van der Waals surface area (Å²) in [5, 5.41) is 11.9. The van der Waals surface area contributed by atoms with E-state index in [0.717, 1.165) is 31.7 Å². The Balaban J connectivity index is 1.46. The summed E-state index contributed by atoms with van der Waals surface area (Å²) < 4.78 is 5.28. The molecule has 1 amide bonds. The van der Waals surface area contributed by atoms with Crippen molar-refractivity contribution in [1.82, 2.24) is 10.3 Å². The molecule has 1 saturated carbocycles. The lowest BCUT2D eigenvalue weighted by atomic mass is 9.60. The largest absolute Gasteiger partial charge is 0.444 e. The van der Waals surface area contributed by atoms with Crippen LogP contribution >= 0.6 is 0 Å². The number of carbonyl (C=O) groups excluding carboxylic acids is 1. The number of alkyl carbamates (subject to hydrolysis) is 1. The van der Waals surface area contributed by atoms with Crippen molar-refractivity contribution in [3.05, 3.63) is 23.9 Å². The lowest BCUT2D eigenvalue weighted by Crippen LogP contribution is -2.67. The van der Waals surface area contributed by atoms with E-state index in [4.69, 9.17) is 10.00 Å². The first-order valence-corrected chi connectivity index (χ1v) is 7.89. The van der Waals surface area contributed by atoms with Crippen LogP contribution in [0.15, 0.2) is 18.3 Å². The molecule has 23 heavy (non-hydrogen) atoms. The Kier molecular flexibility index (Phi) is 3.67. The average molecular weight is 314 g/mol. The van der Waals surface area contributed by atoms with Gasteiger partial charge in [-0.05, 0) is 45.7 Å². The molecule has 2 fully saturated rings. The van der Waals surface area contributed by atoms with E-state index in [1.165, 1.54) is 0 Å². The predicted octanol–water partition coefficient (Wildman–Crippen LogP) is 2.45. The van der Waals surface area contributed by atoms with Gasteiger partial charge in [-0.25, -0.2) is 9.78 Å². The highest BCUT2D eigenvalue weighted by Gasteiger charge is 2.53. The molecule has 0 aromatic carbocycles. The van der Waals surface area contributed by atoms with Crippen molar-refractivity contribution in [3.8, 4) is 6.07 Å². The van der Waals surface area contributed by atoms with Gasteiger partial charge in [0.1, 0.15) is 11.4 Å². The van der Waals surface area contributed by atoms with Gasteiger partial charge in [0.25, 0.3) is 0 Å². The Hall–Kier alpha value is -2.29. The van der Waals surface area contributed by atoms with Gasteiger partial charge in [0.2, 0.25) is 0 Å². The van der Waals surface area contributed by atoms with E-state index in [0.29, 0.717) is 5.56 Å². The molecular weight excluding hydrogens is 292 g/mol. The first kappa shape index (κ1) is 15.6. The smallest absolute Gasteiger partial charge is 0.407 e. The Bertz CT molecular complexity index is 645. The third-order valence-electron chi connectivity index (χ3n) is 4.33. The normalized spacial score (nSPS) is 19.5. The Morgan fingerprint density at radius 3 is 2.78 bits per heavy atom. The second kappa shape index (κ2) is 5.41. The van der Waals surface area contributed by atoms with Crippen LogP contribution in [-0.2, 0) is 4.74 Å². The highest BCUT2D eigenvalue weighted by Crippen LogP contribution is 2.49. The summed E-state index contributed by atoms with van der Waals surface area (Å²) in [6.07, 6.45) is 3.28. The summed E-state index contributed by atoms with van der Waals surface area (Å²) in [6.45, 7) is 7.45. The number of rotatable bonds is 2. The highest BCUT2D eigenvalue weighted by molar-refractivity contribution is 5.68. The van der Waals surface area contributed by atoms with Gasteiger partial charge in [-0.15, -0.1) is 0 Å². The second-order valence-electron chi connectivity index (χ2n) is 7.62. The third kappa shape index (κ3) is 3.39. The van der Waals surface area contributed by atoms with Crippen LogP contribution in [0, 0.1) is 16.7 Å². The summed E-state index contributed by atoms with van der Waals surface area (Å²) >= 11 is 0. The number of nitrogens with zero attached hydrogens (tertiary/aromatic N) is 3. The van der Waals surface area contributed by atoms with Crippen molar-refractivity contribution >= 4 is 11.9 Å². The summed E-state index contributed by atoms with van der Waals surface area (Å²) in [7, 11) is 0. The standard InChI is InChI=1S/C17H22N4O2/c1-16(2,3)23-15(22)20-13-7-17(8-13)10-21(11-17)14-6-12(9-18)4-5-19-14/h4-6,13H,7-8,10-11H2,1-3H3,(H,20,22). The number of nitrogens with one attached hydrogen (secondary N) is 1. The molecule has 2 heterocycles. The van der Waals surface area contributed by atoms with Crippen LogP contribution in [0.5, 0.6) is 0 Å². The summed E-state index contributed by atoms with van der Waals surface area (Å²) in [5.41, 5.74) is 0.453. The Morgan fingerprint density at radius 2 is 2.17 bits per heavy atom. The fourth-order valence-corrected chi connectivity index (χ4v) is 3.41. The van der Waals surface area contributed by atoms with Crippen molar-refractivity contribution in [1.29, 1.82) is 5.26 Å². The molecule has 3 rings (SSSR count). The first-order valence-electron chi connectivity index (χ1n) is 7.89. The minimum atomic E-state index is -0.462. The van der Waals surface area contributed by atoms with Crippen LogP contribution in [0.25, 0.3) is 0 Å². The van der Waals surface area contributed by atoms with E-state index in [1.54, 1.807) is 12.3 Å². The second-order valence-corrected chi connectivity index (χ2v) is 7.62. The van der Waals surface area contributed by atoms with Crippen molar-refractivity contribution in [2.24, 2.45) is 5.41 Å². The third-order valence-corrected chi connectivity index (χ3v) is 4.33. The Morgan fingerprint density at radius 1 is 1.48 bits per heavy atom. The predicted molar refractivity (Wildman–Crippen MR) is 86.0 cm³/mol. The quantitative estimate of drug-likeness (QED) is 0.907. The molecule has 1 aromatic heterocycles. The molecule has 1 aliphatic carbocycles. The first-order chi connectivity index (χ1) is 10.8. The van der Waals surface area contributed by atoms with Crippen LogP contribution in [0.4, 0.5) is 10.6 Å². The van der Waals surface area contributed by atoms with Gasteiger partial charge in [0, 0.05) is 30.7 Å². The van der Waals surface area contributed by atoms with Gasteiger partial charge >= 0.3 is 6.09 Å². The van der Waals surface area contributed by atoms with Crippen LogP contribution in [-0.4, -0.2) is 35.8 Å². The van der Waals surface area contributed by atoms with E-state index in [-0.39, 0.29) is 17.6 Å². The van der Waals surface area contributed by atoms with E-state index < -0.39 is 5.60 Å². The van der Waals surface area contributed by atoms with Crippen LogP contribution in [0.2, 0.25) is 0 Å². The molecule has 1 N–H and O–H groups in total. The minimum absolute atomic E-state index is 0.199. The van der Waals surface area contributed by atoms with Crippen molar-refractivity contribution in [3.63, 3.8) is 0 Å². The molecule has 1 saturated heterocycles. The maximum atomic E-state index is 11.8. The number of anilines is 1. The molecule has 0 bridgehead atoms. The lowest BCUT2D eigenvalue weighted by Gasteiger charge is -2.59. The van der Waals surface area contributed by atoms with Crippen molar-refractivity contribution < 1.29 is 9.53 Å². The number of amides is 1. The number of pyridine rings is 1. The molecule has 2 aliphatic rings. The van der Waals surface area contributed by atoms with Crippen molar-refractivity contribution in [2.45, 2.75) is 45.3 Å². The number of nitriles is 1. The average Bonchev–Trinajstić information content (AvgIpc) is 2.38. The molecule has 0 atom stereocenters. The maximum absolute atomic E-state index is 11.8. The fraction of sp³-hybridized carbons (Fsp3) is 0.588. The number of aromatic nitrogens is 1. The number of carbonyl (C=O) groups is 1. The van der Waals surface area contributed by atoms with Gasteiger partial charge in [-0.2, -0.15) is 5.26 Å². The molecule has 0 radical (unpaired) electrons. The summed E-state index contributed by atoms with van der Waals surface area (Å²) in [5.74, 6) is 0.859. The van der Waals surface area contributed by atoms with E-state index >= 15 is 0 Å². The number of ether oxygens (including phenoxy) is 1. The maximum Gasteiger partial charge on any atom is 0.407 e. The van der Waals surface area contributed by atoms with Crippen LogP contribution < -0.4 is 10.2 Å². The van der Waals surface area contributed by atoms with Gasteiger partial charge in [0.05, 0.1) is 11.6 Å². The lowest BCUT2D eigenvalue weighted by molar-refractivity contribution is 0.0213. The Labute approximate surface area is 136 Å². The van der Waals surface area contributed by atoms with E-state index in [9.17, 15) is 4.79 Å². The van der Waals surface area contributed by atoms with Gasteiger partial charge in [-0.1, -0.05) is 0 Å². The molecule has 122 valence electrons. The molecule has 6 nitrogen and oxygen atoms in total. The number of hydrogen-bond acceptors (Lipinski definition) is 5. The van der Waals surface area contributed by atoms with Gasteiger partial charge in [0.15, 0.2) is 0 Å². The van der Waals surface area contributed by atoms with E-state index in [2.05, 4.69) is 21.3 Å². The molecular formula is C17H22N4O2.